The molecule has 0 radical (unpaired) electrons. The zero-order valence-corrected chi connectivity index (χ0v) is 36.0. The summed E-state index contributed by atoms with van der Waals surface area (Å²) in [6.45, 7) is 6.48. The maximum Gasteiger partial charge on any atom is 0.243 e. The van der Waals surface area contributed by atoms with Crippen LogP contribution in [0.1, 0.15) is 147 Å². The molecule has 1 unspecified atom stereocenters. The van der Waals surface area contributed by atoms with Gasteiger partial charge in [-0.1, -0.05) is 109 Å². The van der Waals surface area contributed by atoms with E-state index in [1.165, 1.54) is 38.5 Å². The number of unbranched alkanes of at least 4 members (excludes halogenated alkanes) is 11. The number of nitrogens with one attached hydrogen (secondary N) is 5. The molecule has 0 saturated heterocycles. The molecule has 0 fully saturated rings. The monoisotopic (exact) mass is 825 g/mol. The first kappa shape index (κ1) is 51.9. The smallest absolute Gasteiger partial charge is 0.243 e. The highest BCUT2D eigenvalue weighted by atomic mass is 16.2. The van der Waals surface area contributed by atoms with E-state index in [0.29, 0.717) is 24.8 Å². The van der Waals surface area contributed by atoms with E-state index in [2.05, 4.69) is 50.3 Å². The Morgan fingerprint density at radius 2 is 1.15 bits per heavy atom. The lowest BCUT2D eigenvalue weighted by Gasteiger charge is -2.27. The number of allylic oxidation sites excluding steroid dienone is 2. The number of nitrogens with two attached hydrogens (primary N) is 5. The van der Waals surface area contributed by atoms with Crippen LogP contribution >= 0.6 is 0 Å². The Labute approximate surface area is 352 Å². The predicted molar refractivity (Wildman–Crippen MR) is 239 cm³/mol. The van der Waals surface area contributed by atoms with Gasteiger partial charge < -0.3 is 49.9 Å². The predicted octanol–water partition coefficient (Wildman–Crippen LogP) is 3.84. The summed E-state index contributed by atoms with van der Waals surface area (Å²) in [6, 6.07) is 3.96. The zero-order chi connectivity index (χ0) is 43.8. The minimum Gasteiger partial charge on any atom is -0.384 e. The molecule has 15 N–H and O–H groups in total. The molecule has 3 atom stereocenters. The summed E-state index contributed by atoms with van der Waals surface area (Å²) >= 11 is 0. The second-order valence-electron chi connectivity index (χ2n) is 15.5. The van der Waals surface area contributed by atoms with Gasteiger partial charge >= 0.3 is 0 Å². The lowest BCUT2D eigenvalue weighted by Crippen LogP contribution is -2.58. The number of nitrogens with zero attached hydrogens (tertiary/aromatic N) is 2. The molecule has 16 nitrogen and oxygen atoms in total. The standard InChI is InChI=1S/C43H76N12O4/c1-4-5-6-7-8-9-10-11-12-13-14-15-16-17-18-23-36(56)53-35(22-20-29-51-43(48)49)40(58)55-37(31(2)3)41(59)54-34(21-19-28-50-42(46)47)39(57)52-30-32-24-26-33(27-25-32)38(44)45/h11-12,24-27,31,34-35,37H,4-10,13-23,28-30H2,1-3H3,(H3,44,45)(H,52,57)(H,53,56)(H,54,59)(H,55,58)(H4,46,47,50)(H4,48,49,51)/b12-11-/t34-,35-,37?/m0/s1. The van der Waals surface area contributed by atoms with Gasteiger partial charge in [0.05, 0.1) is 0 Å². The summed E-state index contributed by atoms with van der Waals surface area (Å²) < 4.78 is 0. The second-order valence-corrected chi connectivity index (χ2v) is 15.5. The van der Waals surface area contributed by atoms with Crippen LogP contribution in [0, 0.1) is 11.3 Å². The van der Waals surface area contributed by atoms with Crippen molar-refractivity contribution < 1.29 is 19.2 Å². The molecule has 332 valence electrons. The molecule has 0 aliphatic carbocycles. The van der Waals surface area contributed by atoms with Crippen LogP contribution in [0.2, 0.25) is 0 Å². The minimum atomic E-state index is -1.02. The van der Waals surface area contributed by atoms with Crippen LogP contribution in [-0.2, 0) is 25.7 Å². The van der Waals surface area contributed by atoms with Gasteiger partial charge in [-0.25, -0.2) is 0 Å². The quantitative estimate of drug-likeness (QED) is 0.0213. The lowest BCUT2D eigenvalue weighted by atomic mass is 10.0. The lowest BCUT2D eigenvalue weighted by molar-refractivity contribution is -0.134. The molecule has 1 aromatic carbocycles. The Morgan fingerprint density at radius 3 is 1.66 bits per heavy atom. The van der Waals surface area contributed by atoms with Crippen LogP contribution < -0.4 is 49.9 Å². The van der Waals surface area contributed by atoms with Crippen molar-refractivity contribution in [2.45, 2.75) is 161 Å². The third kappa shape index (κ3) is 25.7. The van der Waals surface area contributed by atoms with Gasteiger partial charge in [-0.15, -0.1) is 0 Å². The van der Waals surface area contributed by atoms with Crippen LogP contribution in [0.15, 0.2) is 46.4 Å². The molecule has 4 amide bonds. The van der Waals surface area contributed by atoms with Crippen LogP contribution in [0.4, 0.5) is 0 Å². The third-order valence-electron chi connectivity index (χ3n) is 9.82. The van der Waals surface area contributed by atoms with Gasteiger partial charge in [0.2, 0.25) is 23.6 Å². The van der Waals surface area contributed by atoms with Crippen molar-refractivity contribution in [3.8, 4) is 0 Å². The zero-order valence-electron chi connectivity index (χ0n) is 36.0. The largest absolute Gasteiger partial charge is 0.384 e. The fourth-order valence-corrected chi connectivity index (χ4v) is 6.33. The maximum absolute atomic E-state index is 13.8. The topological polar surface area (TPSA) is 295 Å². The Balaban J connectivity index is 2.81. The number of carbonyl (C=O) groups is 4. The van der Waals surface area contributed by atoms with Crippen molar-refractivity contribution in [3.63, 3.8) is 0 Å². The van der Waals surface area contributed by atoms with Crippen molar-refractivity contribution in [3.05, 3.63) is 47.5 Å². The normalized spacial score (nSPS) is 12.6. The van der Waals surface area contributed by atoms with Crippen LogP contribution in [-0.4, -0.2) is 72.6 Å². The van der Waals surface area contributed by atoms with E-state index >= 15 is 0 Å². The molecule has 1 rings (SSSR count). The first-order valence-electron chi connectivity index (χ1n) is 21.6. The van der Waals surface area contributed by atoms with Gasteiger partial charge in [0.15, 0.2) is 11.9 Å². The van der Waals surface area contributed by atoms with Gasteiger partial charge in [-0.05, 0) is 69.3 Å². The first-order chi connectivity index (χ1) is 28.2. The summed E-state index contributed by atoms with van der Waals surface area (Å²) in [6.07, 6.45) is 21.1. The molecular formula is C43H76N12O4. The summed E-state index contributed by atoms with van der Waals surface area (Å²) in [7, 11) is 0. The van der Waals surface area contributed by atoms with E-state index < -0.39 is 35.8 Å². The van der Waals surface area contributed by atoms with Crippen molar-refractivity contribution in [2.75, 3.05) is 13.1 Å². The number of hydrogen-bond donors (Lipinski definition) is 10. The summed E-state index contributed by atoms with van der Waals surface area (Å²) in [5.74, 6) is -2.35. The average molecular weight is 825 g/mol. The summed E-state index contributed by atoms with van der Waals surface area (Å²) in [5, 5.41) is 18.9. The SMILES string of the molecule is CCCCCCCC/C=C\CCCCCCCC(=O)N[C@@H](CCCN=C(N)N)C(=O)NC(C(=O)N[C@@H](CCCN=C(N)N)C(=O)NCc1ccc(C(=N)N)cc1)C(C)C. The Kier molecular flexibility index (Phi) is 28.0. The molecule has 0 saturated carbocycles. The van der Waals surface area contributed by atoms with Crippen molar-refractivity contribution in [2.24, 2.45) is 44.6 Å². The molecule has 0 bridgehead atoms. The van der Waals surface area contributed by atoms with E-state index in [9.17, 15) is 19.2 Å². The van der Waals surface area contributed by atoms with Crippen LogP contribution in [0.5, 0.6) is 0 Å². The number of amidine groups is 1. The van der Waals surface area contributed by atoms with E-state index in [0.717, 1.165) is 44.1 Å². The highest BCUT2D eigenvalue weighted by Crippen LogP contribution is 2.12. The first-order valence-corrected chi connectivity index (χ1v) is 21.6. The average Bonchev–Trinajstić information content (AvgIpc) is 3.19. The molecule has 16 heteroatoms. The van der Waals surface area contributed by atoms with Crippen molar-refractivity contribution in [1.82, 2.24) is 21.3 Å². The number of hydrogen-bond acceptors (Lipinski definition) is 7. The minimum absolute atomic E-state index is 0.0654. The highest BCUT2D eigenvalue weighted by Gasteiger charge is 2.31. The fraction of sp³-hybridized carbons (Fsp3) is 0.651. The van der Waals surface area contributed by atoms with E-state index in [1.807, 2.05) is 0 Å². The highest BCUT2D eigenvalue weighted by molar-refractivity contribution is 5.95. The van der Waals surface area contributed by atoms with E-state index in [1.54, 1.807) is 38.1 Å². The number of nitrogen functional groups attached to an aromatic ring is 1. The van der Waals surface area contributed by atoms with Crippen LogP contribution in [0.25, 0.3) is 0 Å². The molecule has 1 aromatic rings. The number of benzene rings is 1. The molecule has 0 heterocycles. The fourth-order valence-electron chi connectivity index (χ4n) is 6.33. The number of carbonyl (C=O) groups excluding carboxylic acids is 4. The van der Waals surface area contributed by atoms with E-state index in [4.69, 9.17) is 34.1 Å². The van der Waals surface area contributed by atoms with Crippen LogP contribution in [0.3, 0.4) is 0 Å². The number of amides is 4. The van der Waals surface area contributed by atoms with Gasteiger partial charge in [0, 0.05) is 31.6 Å². The second kappa shape index (κ2) is 31.8. The number of guanidine groups is 2. The molecule has 59 heavy (non-hydrogen) atoms. The van der Waals surface area contributed by atoms with Gasteiger partial charge in [-0.3, -0.25) is 34.6 Å². The Morgan fingerprint density at radius 1 is 0.644 bits per heavy atom. The number of aliphatic imine (C=N–C) groups is 2. The van der Waals surface area contributed by atoms with Crippen molar-refractivity contribution in [1.29, 1.82) is 5.41 Å². The Hall–Kier alpha value is -5.15. The summed E-state index contributed by atoms with van der Waals surface area (Å²) in [5.41, 5.74) is 28.8. The molecular weight excluding hydrogens is 749 g/mol. The van der Waals surface area contributed by atoms with Gasteiger partial charge in [-0.2, -0.15) is 0 Å². The molecule has 0 aromatic heterocycles. The van der Waals surface area contributed by atoms with Crippen molar-refractivity contribution >= 4 is 41.4 Å². The Bertz CT molecular complexity index is 1470. The van der Waals surface area contributed by atoms with Gasteiger partial charge in [0.1, 0.15) is 24.0 Å². The van der Waals surface area contributed by atoms with Gasteiger partial charge in [0.25, 0.3) is 0 Å². The number of rotatable bonds is 33. The molecule has 0 spiro atoms. The van der Waals surface area contributed by atoms with E-state index in [-0.39, 0.29) is 68.5 Å². The maximum atomic E-state index is 13.8. The summed E-state index contributed by atoms with van der Waals surface area (Å²) in [4.78, 5) is 61.9. The molecule has 0 aliphatic rings. The molecule has 0 aliphatic heterocycles. The third-order valence-corrected chi connectivity index (χ3v) is 9.82.